The molecule has 1 aliphatic carbocycles. The number of benzene rings is 2. The first-order valence-electron chi connectivity index (χ1n) is 10.6. The Labute approximate surface area is 165 Å². The van der Waals surface area contributed by atoms with E-state index in [9.17, 15) is 0 Å². The highest BCUT2D eigenvalue weighted by molar-refractivity contribution is 5.43. The van der Waals surface area contributed by atoms with Gasteiger partial charge in [0.2, 0.25) is 0 Å². The summed E-state index contributed by atoms with van der Waals surface area (Å²) in [6.45, 7) is 4.31. The molecule has 1 aliphatic rings. The molecular weight excluding hydrogens is 326 g/mol. The van der Waals surface area contributed by atoms with Crippen molar-refractivity contribution in [3.63, 3.8) is 0 Å². The van der Waals surface area contributed by atoms with Crippen LogP contribution in [0.2, 0.25) is 0 Å². The quantitative estimate of drug-likeness (QED) is 0.664. The lowest BCUT2D eigenvalue weighted by molar-refractivity contribution is 0.232. The van der Waals surface area contributed by atoms with E-state index in [1.165, 1.54) is 49.7 Å². The molecule has 0 spiro atoms. The van der Waals surface area contributed by atoms with Gasteiger partial charge in [-0.2, -0.15) is 0 Å². The Morgan fingerprint density at radius 2 is 1.44 bits per heavy atom. The molecule has 1 fully saturated rings. The smallest absolute Gasteiger partial charge is 0.0249 e. The van der Waals surface area contributed by atoms with E-state index in [1.54, 1.807) is 0 Å². The van der Waals surface area contributed by atoms with Gasteiger partial charge < -0.3 is 5.73 Å². The average Bonchev–Trinajstić information content (AvgIpc) is 2.72. The molecule has 1 heteroatoms. The standard InChI is InChI=1S/C26H33N/c1-3-26(27)25-18-16-24(17-19-25)15-14-23-12-10-22(11-13-23)9-8-21-6-4-20(2)5-7-21/h4-7,10-13,24-26H,3,14-19,27H2,1-2H3. The van der Waals surface area contributed by atoms with Crippen molar-refractivity contribution in [2.24, 2.45) is 17.6 Å². The van der Waals surface area contributed by atoms with Gasteiger partial charge in [0.05, 0.1) is 0 Å². The fourth-order valence-corrected chi connectivity index (χ4v) is 4.15. The van der Waals surface area contributed by atoms with Crippen LogP contribution in [0.1, 0.15) is 67.7 Å². The molecule has 0 amide bonds. The van der Waals surface area contributed by atoms with Gasteiger partial charge >= 0.3 is 0 Å². The maximum Gasteiger partial charge on any atom is 0.0249 e. The van der Waals surface area contributed by atoms with Crippen molar-refractivity contribution in [3.05, 3.63) is 70.8 Å². The van der Waals surface area contributed by atoms with Crippen LogP contribution >= 0.6 is 0 Å². The lowest BCUT2D eigenvalue weighted by atomic mass is 9.76. The van der Waals surface area contributed by atoms with Gasteiger partial charge in [-0.05, 0) is 80.7 Å². The van der Waals surface area contributed by atoms with Gasteiger partial charge in [0, 0.05) is 17.2 Å². The molecule has 1 saturated carbocycles. The molecule has 0 aromatic heterocycles. The molecule has 2 N–H and O–H groups in total. The molecule has 1 atom stereocenters. The Kier molecular flexibility index (Phi) is 7.13. The second-order valence-electron chi connectivity index (χ2n) is 8.20. The summed E-state index contributed by atoms with van der Waals surface area (Å²) in [5.41, 5.74) is 11.1. The second kappa shape index (κ2) is 9.77. The van der Waals surface area contributed by atoms with E-state index >= 15 is 0 Å². The molecular formula is C26H33N. The summed E-state index contributed by atoms with van der Waals surface area (Å²) in [5, 5.41) is 0. The molecule has 2 aromatic rings. The average molecular weight is 360 g/mol. The van der Waals surface area contributed by atoms with Gasteiger partial charge in [-0.25, -0.2) is 0 Å². The first-order chi connectivity index (χ1) is 13.1. The van der Waals surface area contributed by atoms with Gasteiger partial charge in [-0.1, -0.05) is 61.4 Å². The van der Waals surface area contributed by atoms with Crippen LogP contribution in [-0.2, 0) is 6.42 Å². The Morgan fingerprint density at radius 1 is 0.889 bits per heavy atom. The predicted molar refractivity (Wildman–Crippen MR) is 116 cm³/mol. The lowest BCUT2D eigenvalue weighted by Gasteiger charge is -2.31. The summed E-state index contributed by atoms with van der Waals surface area (Å²) in [7, 11) is 0. The SMILES string of the molecule is CCC(N)C1CCC(CCc2ccc(C#Cc3ccc(C)cc3)cc2)CC1. The van der Waals surface area contributed by atoms with Crippen molar-refractivity contribution >= 4 is 0 Å². The first-order valence-corrected chi connectivity index (χ1v) is 10.6. The monoisotopic (exact) mass is 359 g/mol. The minimum absolute atomic E-state index is 0.416. The lowest BCUT2D eigenvalue weighted by Crippen LogP contribution is -2.32. The highest BCUT2D eigenvalue weighted by Crippen LogP contribution is 2.33. The van der Waals surface area contributed by atoms with Crippen molar-refractivity contribution < 1.29 is 0 Å². The molecule has 1 unspecified atom stereocenters. The summed E-state index contributed by atoms with van der Waals surface area (Å²) in [5.74, 6) is 8.16. The molecule has 27 heavy (non-hydrogen) atoms. The van der Waals surface area contributed by atoms with Crippen molar-refractivity contribution in [2.45, 2.75) is 64.8 Å². The van der Waals surface area contributed by atoms with Crippen molar-refractivity contribution in [1.82, 2.24) is 0 Å². The third-order valence-corrected chi connectivity index (χ3v) is 6.17. The molecule has 2 aromatic carbocycles. The van der Waals surface area contributed by atoms with Crippen LogP contribution in [0.4, 0.5) is 0 Å². The van der Waals surface area contributed by atoms with Gasteiger partial charge in [-0.15, -0.1) is 0 Å². The normalized spacial score (nSPS) is 20.6. The van der Waals surface area contributed by atoms with E-state index in [0.29, 0.717) is 6.04 Å². The zero-order chi connectivity index (χ0) is 19.1. The van der Waals surface area contributed by atoms with Crippen LogP contribution in [0.5, 0.6) is 0 Å². The van der Waals surface area contributed by atoms with Crippen LogP contribution in [0, 0.1) is 30.6 Å². The van der Waals surface area contributed by atoms with Crippen LogP contribution in [0.15, 0.2) is 48.5 Å². The maximum absolute atomic E-state index is 6.23. The van der Waals surface area contributed by atoms with Crippen LogP contribution in [-0.4, -0.2) is 6.04 Å². The Bertz CT molecular complexity index is 753. The highest BCUT2D eigenvalue weighted by Gasteiger charge is 2.24. The van der Waals surface area contributed by atoms with Crippen LogP contribution < -0.4 is 5.73 Å². The molecule has 0 aliphatic heterocycles. The van der Waals surface area contributed by atoms with Gasteiger partial charge in [0.25, 0.3) is 0 Å². The van der Waals surface area contributed by atoms with E-state index in [-0.39, 0.29) is 0 Å². The minimum atomic E-state index is 0.416. The van der Waals surface area contributed by atoms with Crippen molar-refractivity contribution in [3.8, 4) is 11.8 Å². The zero-order valence-corrected chi connectivity index (χ0v) is 16.9. The first kappa shape index (κ1) is 19.7. The van der Waals surface area contributed by atoms with E-state index in [0.717, 1.165) is 29.4 Å². The Morgan fingerprint density at radius 3 is 2.00 bits per heavy atom. The third kappa shape index (κ3) is 5.98. The molecule has 0 radical (unpaired) electrons. The Balaban J connectivity index is 1.47. The second-order valence-corrected chi connectivity index (χ2v) is 8.20. The number of hydrogen-bond donors (Lipinski definition) is 1. The fraction of sp³-hybridized carbons (Fsp3) is 0.462. The van der Waals surface area contributed by atoms with Crippen molar-refractivity contribution in [2.75, 3.05) is 0 Å². The summed E-state index contributed by atoms with van der Waals surface area (Å²) >= 11 is 0. The minimum Gasteiger partial charge on any atom is -0.327 e. The van der Waals surface area contributed by atoms with Gasteiger partial charge in [-0.3, -0.25) is 0 Å². The maximum atomic E-state index is 6.23. The summed E-state index contributed by atoms with van der Waals surface area (Å²) in [6, 6.07) is 17.6. The Hall–Kier alpha value is -2.04. The molecule has 0 bridgehead atoms. The largest absolute Gasteiger partial charge is 0.327 e. The van der Waals surface area contributed by atoms with E-state index < -0.39 is 0 Å². The van der Waals surface area contributed by atoms with Gasteiger partial charge in [0.1, 0.15) is 0 Å². The summed E-state index contributed by atoms with van der Waals surface area (Å²) in [6.07, 6.45) is 8.98. The highest BCUT2D eigenvalue weighted by atomic mass is 14.6. The zero-order valence-electron chi connectivity index (χ0n) is 16.9. The fourth-order valence-electron chi connectivity index (χ4n) is 4.15. The molecule has 1 nitrogen and oxygen atoms in total. The molecule has 0 saturated heterocycles. The predicted octanol–water partition coefficient (Wildman–Crippen LogP) is 5.87. The van der Waals surface area contributed by atoms with E-state index in [4.69, 9.17) is 5.73 Å². The number of rotatable bonds is 5. The third-order valence-electron chi connectivity index (χ3n) is 6.17. The van der Waals surface area contributed by atoms with Gasteiger partial charge in [0.15, 0.2) is 0 Å². The number of aryl methyl sites for hydroxylation is 2. The van der Waals surface area contributed by atoms with Crippen LogP contribution in [0.3, 0.4) is 0 Å². The molecule has 3 rings (SSSR count). The topological polar surface area (TPSA) is 26.0 Å². The summed E-state index contributed by atoms with van der Waals surface area (Å²) < 4.78 is 0. The number of nitrogens with two attached hydrogens (primary N) is 1. The summed E-state index contributed by atoms with van der Waals surface area (Å²) in [4.78, 5) is 0. The number of hydrogen-bond acceptors (Lipinski definition) is 1. The molecule has 142 valence electrons. The van der Waals surface area contributed by atoms with E-state index in [1.807, 2.05) is 0 Å². The molecule has 0 heterocycles. The van der Waals surface area contributed by atoms with Crippen LogP contribution in [0.25, 0.3) is 0 Å². The van der Waals surface area contributed by atoms with E-state index in [2.05, 4.69) is 74.2 Å². The van der Waals surface area contributed by atoms with Crippen molar-refractivity contribution in [1.29, 1.82) is 0 Å².